The van der Waals surface area contributed by atoms with Gasteiger partial charge in [-0.15, -0.1) is 11.3 Å². The van der Waals surface area contributed by atoms with Crippen LogP contribution in [0.2, 0.25) is 5.02 Å². The fraction of sp³-hybridized carbons (Fsp3) is 0.286. The van der Waals surface area contributed by atoms with Crippen molar-refractivity contribution in [2.24, 2.45) is 0 Å². The van der Waals surface area contributed by atoms with Gasteiger partial charge in [0.05, 0.1) is 6.04 Å². The molecule has 1 aromatic heterocycles. The van der Waals surface area contributed by atoms with Gasteiger partial charge in [0.2, 0.25) is 0 Å². The highest BCUT2D eigenvalue weighted by Gasteiger charge is 2.22. The smallest absolute Gasteiger partial charge is 0.160 e. The molecule has 0 saturated heterocycles. The first-order valence-corrected chi connectivity index (χ1v) is 8.20. The molecule has 0 spiro atoms. The molecule has 0 aliphatic carbocycles. The molecule has 0 fully saturated rings. The molecule has 0 amide bonds. The number of hydrogen-bond acceptors (Lipinski definition) is 2. The summed E-state index contributed by atoms with van der Waals surface area (Å²) >= 11 is 11.1. The minimum Gasteiger partial charge on any atom is -0.306 e. The van der Waals surface area contributed by atoms with Gasteiger partial charge < -0.3 is 5.32 Å². The van der Waals surface area contributed by atoms with E-state index in [1.807, 2.05) is 18.4 Å². The van der Waals surface area contributed by atoms with E-state index in [2.05, 4.69) is 21.2 Å². The normalized spacial score (nSPS) is 12.7. The van der Waals surface area contributed by atoms with Crippen molar-refractivity contribution in [1.29, 1.82) is 0 Å². The Morgan fingerprint density at radius 3 is 2.65 bits per heavy atom. The van der Waals surface area contributed by atoms with Gasteiger partial charge in [0.25, 0.3) is 0 Å². The Bertz CT molecular complexity index is 603. The highest BCUT2D eigenvalue weighted by Crippen LogP contribution is 2.36. The van der Waals surface area contributed by atoms with Gasteiger partial charge in [-0.1, -0.05) is 18.5 Å². The summed E-state index contributed by atoms with van der Waals surface area (Å²) in [7, 11) is 0. The van der Waals surface area contributed by atoms with Crippen molar-refractivity contribution in [2.45, 2.75) is 19.4 Å². The first-order chi connectivity index (χ1) is 9.54. The Labute approximate surface area is 134 Å². The third kappa shape index (κ3) is 3.39. The molecule has 1 atom stereocenters. The van der Waals surface area contributed by atoms with E-state index >= 15 is 0 Å². The molecule has 1 unspecified atom stereocenters. The monoisotopic (exact) mass is 379 g/mol. The number of hydrogen-bond donors (Lipinski definition) is 1. The third-order valence-corrected chi connectivity index (χ3v) is 5.12. The van der Waals surface area contributed by atoms with E-state index in [1.54, 1.807) is 0 Å². The summed E-state index contributed by atoms with van der Waals surface area (Å²) in [6.45, 7) is 2.80. The molecule has 6 heteroatoms. The van der Waals surface area contributed by atoms with Crippen LogP contribution in [0.3, 0.4) is 0 Å². The summed E-state index contributed by atoms with van der Waals surface area (Å²) in [6.07, 6.45) is 0.931. The molecule has 1 N–H and O–H groups in total. The van der Waals surface area contributed by atoms with E-state index in [-0.39, 0.29) is 11.1 Å². The summed E-state index contributed by atoms with van der Waals surface area (Å²) in [5, 5.41) is 5.48. The minimum absolute atomic E-state index is 0.220. The lowest BCUT2D eigenvalue weighted by Gasteiger charge is -2.20. The SMILES string of the molecule is CCCNC(c1cc(F)c(F)cc1Cl)c1sccc1Br. The highest BCUT2D eigenvalue weighted by molar-refractivity contribution is 9.10. The van der Waals surface area contributed by atoms with Crippen LogP contribution in [0.1, 0.15) is 29.8 Å². The van der Waals surface area contributed by atoms with E-state index in [0.29, 0.717) is 5.56 Å². The maximum Gasteiger partial charge on any atom is 0.160 e. The van der Waals surface area contributed by atoms with Gasteiger partial charge in [-0.3, -0.25) is 0 Å². The maximum atomic E-state index is 13.5. The molecule has 20 heavy (non-hydrogen) atoms. The van der Waals surface area contributed by atoms with Crippen molar-refractivity contribution in [2.75, 3.05) is 6.54 Å². The lowest BCUT2D eigenvalue weighted by atomic mass is 10.0. The first-order valence-electron chi connectivity index (χ1n) is 6.15. The second-order valence-corrected chi connectivity index (χ2v) is 6.52. The molecular weight excluding hydrogens is 368 g/mol. The van der Waals surface area contributed by atoms with Crippen molar-refractivity contribution in [3.05, 3.63) is 55.1 Å². The molecule has 2 rings (SSSR count). The second kappa shape index (κ2) is 6.98. The largest absolute Gasteiger partial charge is 0.306 e. The lowest BCUT2D eigenvalue weighted by Crippen LogP contribution is -2.23. The van der Waals surface area contributed by atoms with Crippen molar-refractivity contribution in [1.82, 2.24) is 5.32 Å². The zero-order valence-electron chi connectivity index (χ0n) is 10.7. The fourth-order valence-corrected chi connectivity index (χ4v) is 3.86. The average molecular weight is 381 g/mol. The van der Waals surface area contributed by atoms with Crippen LogP contribution in [0.25, 0.3) is 0 Å². The number of nitrogens with one attached hydrogen (secondary N) is 1. The molecule has 1 aromatic carbocycles. The first kappa shape index (κ1) is 15.9. The van der Waals surface area contributed by atoms with E-state index in [9.17, 15) is 8.78 Å². The summed E-state index contributed by atoms with van der Waals surface area (Å²) in [5.74, 6) is -1.82. The predicted octanol–water partition coefficient (Wildman–Crippen LogP) is 5.53. The zero-order valence-corrected chi connectivity index (χ0v) is 13.9. The summed E-state index contributed by atoms with van der Waals surface area (Å²) < 4.78 is 27.7. The molecular formula is C14H13BrClF2NS. The van der Waals surface area contributed by atoms with Gasteiger partial charge in [-0.05, 0) is 58.0 Å². The van der Waals surface area contributed by atoms with Crippen molar-refractivity contribution in [3.8, 4) is 0 Å². The van der Waals surface area contributed by atoms with Crippen LogP contribution in [0.5, 0.6) is 0 Å². The lowest BCUT2D eigenvalue weighted by molar-refractivity contribution is 0.503. The van der Waals surface area contributed by atoms with Crippen LogP contribution in [-0.4, -0.2) is 6.54 Å². The molecule has 0 saturated carbocycles. The Kier molecular flexibility index (Phi) is 5.55. The number of thiophene rings is 1. The topological polar surface area (TPSA) is 12.0 Å². The van der Waals surface area contributed by atoms with Gasteiger partial charge in [-0.25, -0.2) is 8.78 Å². The Morgan fingerprint density at radius 2 is 2.05 bits per heavy atom. The minimum atomic E-state index is -0.932. The van der Waals surface area contributed by atoms with Gasteiger partial charge in [0.1, 0.15) is 0 Å². The quantitative estimate of drug-likeness (QED) is 0.672. The summed E-state index contributed by atoms with van der Waals surface area (Å²) in [6, 6.07) is 3.85. The van der Waals surface area contributed by atoms with Gasteiger partial charge in [0.15, 0.2) is 11.6 Å². The fourth-order valence-electron chi connectivity index (χ4n) is 1.90. The van der Waals surface area contributed by atoms with Crippen molar-refractivity contribution in [3.63, 3.8) is 0 Å². The molecule has 1 nitrogen and oxygen atoms in total. The summed E-state index contributed by atoms with van der Waals surface area (Å²) in [4.78, 5) is 0.992. The van der Waals surface area contributed by atoms with Gasteiger partial charge in [-0.2, -0.15) is 0 Å². The Balaban J connectivity index is 2.46. The predicted molar refractivity (Wildman–Crippen MR) is 83.5 cm³/mol. The van der Waals surface area contributed by atoms with Gasteiger partial charge in [0, 0.05) is 14.4 Å². The zero-order chi connectivity index (χ0) is 14.7. The van der Waals surface area contributed by atoms with Crippen molar-refractivity contribution < 1.29 is 8.78 Å². The van der Waals surface area contributed by atoms with Gasteiger partial charge >= 0.3 is 0 Å². The maximum absolute atomic E-state index is 13.5. The van der Waals surface area contributed by atoms with Crippen LogP contribution < -0.4 is 5.32 Å². The number of halogens is 4. The molecule has 108 valence electrons. The van der Waals surface area contributed by atoms with E-state index in [1.165, 1.54) is 11.3 Å². The van der Waals surface area contributed by atoms with Crippen LogP contribution in [0.4, 0.5) is 8.78 Å². The van der Waals surface area contributed by atoms with Crippen molar-refractivity contribution >= 4 is 38.9 Å². The molecule has 0 aliphatic heterocycles. The van der Waals surface area contributed by atoms with E-state index in [4.69, 9.17) is 11.6 Å². The third-order valence-electron chi connectivity index (χ3n) is 2.86. The second-order valence-electron chi connectivity index (χ2n) is 4.31. The average Bonchev–Trinajstić information content (AvgIpc) is 2.82. The Hall–Kier alpha value is -0.490. The molecule has 2 aromatic rings. The van der Waals surface area contributed by atoms with Crippen LogP contribution in [0, 0.1) is 11.6 Å². The highest BCUT2D eigenvalue weighted by atomic mass is 79.9. The Morgan fingerprint density at radius 1 is 1.35 bits per heavy atom. The standard InChI is InChI=1S/C14H13BrClF2NS/c1-2-4-19-13(14-9(15)3-5-20-14)8-6-11(17)12(18)7-10(8)16/h3,5-7,13,19H,2,4H2,1H3. The van der Waals surface area contributed by atoms with Crippen LogP contribution >= 0.6 is 38.9 Å². The van der Waals surface area contributed by atoms with E-state index in [0.717, 1.165) is 34.4 Å². The molecule has 1 heterocycles. The van der Waals surface area contributed by atoms with Crippen LogP contribution in [-0.2, 0) is 0 Å². The molecule has 0 radical (unpaired) electrons. The summed E-state index contributed by atoms with van der Waals surface area (Å²) in [5.41, 5.74) is 0.544. The number of benzene rings is 1. The number of rotatable bonds is 5. The van der Waals surface area contributed by atoms with E-state index < -0.39 is 11.6 Å². The molecule has 0 bridgehead atoms. The van der Waals surface area contributed by atoms with Crippen LogP contribution in [0.15, 0.2) is 28.1 Å². The molecule has 0 aliphatic rings.